The molecule has 1 heteroatoms. The minimum atomic E-state index is 1.08. The predicted molar refractivity (Wildman–Crippen MR) is 93.0 cm³/mol. The van der Waals surface area contributed by atoms with Gasteiger partial charge in [0.2, 0.25) is 0 Å². The summed E-state index contributed by atoms with van der Waals surface area (Å²) in [5.74, 6) is 0. The highest BCUT2D eigenvalue weighted by molar-refractivity contribution is 4.71. The van der Waals surface area contributed by atoms with Crippen LogP contribution in [0.25, 0.3) is 0 Å². The van der Waals surface area contributed by atoms with Crippen molar-refractivity contribution in [2.75, 3.05) is 26.2 Å². The molecule has 0 amide bonds. The highest BCUT2D eigenvalue weighted by Crippen LogP contribution is 2.13. The van der Waals surface area contributed by atoms with E-state index >= 15 is 0 Å². The lowest BCUT2D eigenvalue weighted by molar-refractivity contribution is -0.915. The summed E-state index contributed by atoms with van der Waals surface area (Å²) >= 11 is 0. The summed E-state index contributed by atoms with van der Waals surface area (Å²) in [6, 6.07) is 0. The van der Waals surface area contributed by atoms with E-state index in [1.54, 1.807) is 0 Å². The Morgan fingerprint density at radius 3 is 1.55 bits per heavy atom. The van der Waals surface area contributed by atoms with Crippen LogP contribution in [0.5, 0.6) is 0 Å². The molecule has 0 fully saturated rings. The molecule has 0 aromatic rings. The van der Waals surface area contributed by atoms with E-state index in [0.717, 1.165) is 17.6 Å². The van der Waals surface area contributed by atoms with Crippen LogP contribution in [-0.4, -0.2) is 30.7 Å². The van der Waals surface area contributed by atoms with Gasteiger partial charge in [0.25, 0.3) is 0 Å². The third-order valence-electron chi connectivity index (χ3n) is 4.44. The quantitative estimate of drug-likeness (QED) is 0.204. The molecule has 0 saturated heterocycles. The minimum absolute atomic E-state index is 1.08. The van der Waals surface area contributed by atoms with Crippen molar-refractivity contribution in [1.29, 1.82) is 0 Å². The number of hydrogen-bond donors (Lipinski definition) is 0. The summed E-state index contributed by atoms with van der Waals surface area (Å²) in [7, 11) is 0. The Morgan fingerprint density at radius 2 is 1.15 bits per heavy atom. The van der Waals surface area contributed by atoms with Crippen molar-refractivity contribution in [3.63, 3.8) is 0 Å². The molecule has 0 aromatic carbocycles. The van der Waals surface area contributed by atoms with Gasteiger partial charge in [-0.1, -0.05) is 65.0 Å². The number of nitrogens with zero attached hydrogens (tertiary/aromatic N) is 1. The fourth-order valence-corrected chi connectivity index (χ4v) is 2.98. The maximum atomic E-state index is 3.92. The first-order valence-corrected chi connectivity index (χ1v) is 8.81. The molecule has 118 valence electrons. The fourth-order valence-electron chi connectivity index (χ4n) is 2.98. The lowest BCUT2D eigenvalue weighted by Crippen LogP contribution is -2.48. The van der Waals surface area contributed by atoms with Crippen molar-refractivity contribution in [3.05, 3.63) is 25.3 Å². The van der Waals surface area contributed by atoms with Crippen LogP contribution in [0.15, 0.2) is 25.3 Å². The van der Waals surface area contributed by atoms with Gasteiger partial charge < -0.3 is 4.48 Å². The molecule has 0 heterocycles. The largest absolute Gasteiger partial charge is 0.317 e. The van der Waals surface area contributed by atoms with Gasteiger partial charge in [-0.05, 0) is 31.9 Å². The van der Waals surface area contributed by atoms with Crippen molar-refractivity contribution < 1.29 is 4.48 Å². The second-order valence-corrected chi connectivity index (χ2v) is 6.15. The Morgan fingerprint density at radius 1 is 0.700 bits per heavy atom. The molecule has 0 unspecified atom stereocenters. The molecule has 0 aromatic heterocycles. The molecular weight excluding hydrogens is 242 g/mol. The molecule has 20 heavy (non-hydrogen) atoms. The smallest absolute Gasteiger partial charge is 0.0973 e. The topological polar surface area (TPSA) is 0 Å². The van der Waals surface area contributed by atoms with Gasteiger partial charge in [-0.3, -0.25) is 0 Å². The average Bonchev–Trinajstić information content (AvgIpc) is 2.46. The second-order valence-electron chi connectivity index (χ2n) is 6.15. The fraction of sp³-hybridized carbons (Fsp3) is 0.789. The van der Waals surface area contributed by atoms with Crippen LogP contribution < -0.4 is 0 Å². The molecule has 0 aliphatic carbocycles. The molecule has 0 aliphatic heterocycles. The van der Waals surface area contributed by atoms with E-state index in [1.165, 1.54) is 70.9 Å². The number of likely N-dealkylation sites (N-methyl/N-ethyl adjacent to an activating group) is 1. The molecule has 0 bridgehead atoms. The summed E-state index contributed by atoms with van der Waals surface area (Å²) < 4.78 is 1.14. The third-order valence-corrected chi connectivity index (χ3v) is 4.44. The van der Waals surface area contributed by atoms with Gasteiger partial charge in [-0.15, -0.1) is 0 Å². The highest BCUT2D eigenvalue weighted by Gasteiger charge is 2.21. The normalized spacial score (nSPS) is 11.5. The Bertz CT molecular complexity index is 222. The first kappa shape index (κ1) is 19.4. The maximum absolute atomic E-state index is 3.92. The second kappa shape index (κ2) is 13.4. The van der Waals surface area contributed by atoms with Crippen LogP contribution in [0, 0.1) is 0 Å². The Labute approximate surface area is 128 Å². The zero-order chi connectivity index (χ0) is 15.1. The molecule has 0 rings (SSSR count). The van der Waals surface area contributed by atoms with Crippen LogP contribution >= 0.6 is 0 Å². The van der Waals surface area contributed by atoms with E-state index in [4.69, 9.17) is 0 Å². The van der Waals surface area contributed by atoms with E-state index in [1.807, 2.05) is 0 Å². The first-order chi connectivity index (χ1) is 9.74. The summed E-state index contributed by atoms with van der Waals surface area (Å²) in [6.45, 7) is 17.1. The molecule has 0 aliphatic rings. The van der Waals surface area contributed by atoms with Crippen LogP contribution in [0.1, 0.15) is 71.6 Å². The number of unbranched alkanes of at least 4 members (excludes halogenated alkanes) is 8. The molecule has 0 spiro atoms. The summed E-state index contributed by atoms with van der Waals surface area (Å²) in [4.78, 5) is 0. The lowest BCUT2D eigenvalue weighted by Gasteiger charge is -2.36. The zero-order valence-corrected chi connectivity index (χ0v) is 14.2. The van der Waals surface area contributed by atoms with Crippen molar-refractivity contribution in [3.8, 4) is 0 Å². The average molecular weight is 281 g/mol. The monoisotopic (exact) mass is 280 g/mol. The van der Waals surface area contributed by atoms with Gasteiger partial charge >= 0.3 is 0 Å². The van der Waals surface area contributed by atoms with Gasteiger partial charge in [0.1, 0.15) is 0 Å². The van der Waals surface area contributed by atoms with Crippen LogP contribution in [0.2, 0.25) is 0 Å². The first-order valence-electron chi connectivity index (χ1n) is 8.81. The van der Waals surface area contributed by atoms with Gasteiger partial charge in [0.05, 0.1) is 26.2 Å². The molecule has 0 saturated carbocycles. The Balaban J connectivity index is 3.67. The molecule has 0 atom stereocenters. The van der Waals surface area contributed by atoms with Crippen molar-refractivity contribution >= 4 is 0 Å². The lowest BCUT2D eigenvalue weighted by atomic mass is 10.1. The van der Waals surface area contributed by atoms with Crippen molar-refractivity contribution in [1.82, 2.24) is 0 Å². The Hall–Kier alpha value is -0.560. The zero-order valence-electron chi connectivity index (χ0n) is 14.2. The summed E-state index contributed by atoms with van der Waals surface area (Å²) in [5, 5.41) is 0. The van der Waals surface area contributed by atoms with Crippen molar-refractivity contribution in [2.24, 2.45) is 0 Å². The number of rotatable bonds is 15. The maximum Gasteiger partial charge on any atom is 0.0973 e. The standard InChI is InChI=1S/C19H38N/c1-5-9-10-11-12-13-14-15-16-19-20(8-4,17-6-2)18-7-3/h6-7H,2-3,5,8-19H2,1,4H3/q+1. The van der Waals surface area contributed by atoms with E-state index in [0.29, 0.717) is 0 Å². The van der Waals surface area contributed by atoms with Crippen LogP contribution in [0.4, 0.5) is 0 Å². The SMILES string of the molecule is C=CC[N+](CC)(CC=C)CCCCCCCCCCC. The highest BCUT2D eigenvalue weighted by atomic mass is 15.3. The Kier molecular flexibility index (Phi) is 13.0. The van der Waals surface area contributed by atoms with Gasteiger partial charge in [-0.25, -0.2) is 0 Å². The number of hydrogen-bond acceptors (Lipinski definition) is 0. The number of quaternary nitrogens is 1. The molecule has 0 radical (unpaired) electrons. The molecule has 1 nitrogen and oxygen atoms in total. The third kappa shape index (κ3) is 9.36. The van der Waals surface area contributed by atoms with Gasteiger partial charge in [-0.2, -0.15) is 0 Å². The molecule has 0 N–H and O–H groups in total. The van der Waals surface area contributed by atoms with E-state index in [9.17, 15) is 0 Å². The summed E-state index contributed by atoms with van der Waals surface area (Å²) in [5.41, 5.74) is 0. The van der Waals surface area contributed by atoms with E-state index in [-0.39, 0.29) is 0 Å². The van der Waals surface area contributed by atoms with Gasteiger partial charge in [0.15, 0.2) is 0 Å². The molecular formula is C19H38N+. The van der Waals surface area contributed by atoms with Crippen molar-refractivity contribution in [2.45, 2.75) is 71.6 Å². The van der Waals surface area contributed by atoms with Crippen LogP contribution in [-0.2, 0) is 0 Å². The van der Waals surface area contributed by atoms with Gasteiger partial charge in [0, 0.05) is 0 Å². The summed E-state index contributed by atoms with van der Waals surface area (Å²) in [6.07, 6.45) is 16.8. The minimum Gasteiger partial charge on any atom is -0.317 e. The predicted octanol–water partition coefficient (Wildman–Crippen LogP) is 5.73. The van der Waals surface area contributed by atoms with Crippen LogP contribution in [0.3, 0.4) is 0 Å². The van der Waals surface area contributed by atoms with E-state index < -0.39 is 0 Å². The van der Waals surface area contributed by atoms with E-state index in [2.05, 4.69) is 39.2 Å².